The predicted molar refractivity (Wildman–Crippen MR) is 81.5 cm³/mol. The van der Waals surface area contributed by atoms with Crippen LogP contribution < -0.4 is 10.5 Å². The third kappa shape index (κ3) is 3.50. The third-order valence-corrected chi connectivity index (χ3v) is 5.48. The maximum Gasteiger partial charge on any atom is 0.301 e. The van der Waals surface area contributed by atoms with Gasteiger partial charge in [-0.1, -0.05) is 37.5 Å². The summed E-state index contributed by atoms with van der Waals surface area (Å²) >= 11 is 0. The third-order valence-electron chi connectivity index (χ3n) is 3.94. The number of nitrogens with two attached hydrogens (primary N) is 1. The summed E-state index contributed by atoms with van der Waals surface area (Å²) in [6, 6.07) is 7.33. The van der Waals surface area contributed by atoms with Crippen LogP contribution in [-0.2, 0) is 16.8 Å². The van der Waals surface area contributed by atoms with Gasteiger partial charge in [-0.3, -0.25) is 4.72 Å². The summed E-state index contributed by atoms with van der Waals surface area (Å²) in [5, 5.41) is 0. The van der Waals surface area contributed by atoms with Crippen molar-refractivity contribution in [2.75, 3.05) is 11.8 Å². The van der Waals surface area contributed by atoms with Gasteiger partial charge in [-0.15, -0.1) is 0 Å². The highest BCUT2D eigenvalue weighted by atomic mass is 32.2. The summed E-state index contributed by atoms with van der Waals surface area (Å²) in [5.41, 5.74) is 7.01. The molecule has 0 spiro atoms. The molecule has 1 fully saturated rings. The highest BCUT2D eigenvalue weighted by Crippen LogP contribution is 2.25. The minimum Gasteiger partial charge on any atom is -0.326 e. The van der Waals surface area contributed by atoms with E-state index >= 15 is 0 Å². The summed E-state index contributed by atoms with van der Waals surface area (Å²) in [5.74, 6) is 0. The van der Waals surface area contributed by atoms with Crippen molar-refractivity contribution in [1.82, 2.24) is 4.31 Å². The largest absolute Gasteiger partial charge is 0.326 e. The Morgan fingerprint density at radius 1 is 1.25 bits per heavy atom. The Morgan fingerprint density at radius 2 is 1.90 bits per heavy atom. The first-order valence-electron chi connectivity index (χ1n) is 7.08. The molecule has 6 heteroatoms. The average molecular weight is 297 g/mol. The maximum absolute atomic E-state index is 12.4. The smallest absolute Gasteiger partial charge is 0.301 e. The molecule has 2 rings (SSSR count). The van der Waals surface area contributed by atoms with E-state index in [1.54, 1.807) is 19.2 Å². The average Bonchev–Trinajstić information content (AvgIpc) is 2.47. The molecule has 1 aromatic carbocycles. The second-order valence-corrected chi connectivity index (χ2v) is 7.01. The molecule has 0 aromatic heterocycles. The fourth-order valence-electron chi connectivity index (χ4n) is 2.65. The molecule has 0 atom stereocenters. The summed E-state index contributed by atoms with van der Waals surface area (Å²) < 4.78 is 29.0. The van der Waals surface area contributed by atoms with Gasteiger partial charge in [-0.05, 0) is 24.5 Å². The van der Waals surface area contributed by atoms with E-state index in [9.17, 15) is 8.42 Å². The van der Waals surface area contributed by atoms with Crippen molar-refractivity contribution < 1.29 is 8.42 Å². The van der Waals surface area contributed by atoms with Gasteiger partial charge in [0, 0.05) is 19.6 Å². The lowest BCUT2D eigenvalue weighted by atomic mass is 9.96. The SMILES string of the molecule is CN(C1CCCCC1)S(=O)(=O)Nc1ccccc1CN. The minimum atomic E-state index is -3.52. The van der Waals surface area contributed by atoms with Crippen LogP contribution in [0.5, 0.6) is 0 Å². The van der Waals surface area contributed by atoms with Crippen molar-refractivity contribution in [2.45, 2.75) is 44.7 Å². The summed E-state index contributed by atoms with van der Waals surface area (Å²) in [6.45, 7) is 0.311. The Morgan fingerprint density at radius 3 is 2.55 bits per heavy atom. The Balaban J connectivity index is 2.13. The zero-order valence-corrected chi connectivity index (χ0v) is 12.7. The van der Waals surface area contributed by atoms with Gasteiger partial charge in [0.1, 0.15) is 0 Å². The maximum atomic E-state index is 12.4. The molecule has 112 valence electrons. The lowest BCUT2D eigenvalue weighted by molar-refractivity contribution is 0.287. The second-order valence-electron chi connectivity index (χ2n) is 5.28. The van der Waals surface area contributed by atoms with Gasteiger partial charge in [0.2, 0.25) is 0 Å². The fraction of sp³-hybridized carbons (Fsp3) is 0.571. The zero-order valence-electron chi connectivity index (χ0n) is 11.9. The molecule has 0 unspecified atom stereocenters. The molecule has 0 radical (unpaired) electrons. The molecule has 1 aromatic rings. The number of nitrogens with zero attached hydrogens (tertiary/aromatic N) is 1. The van der Waals surface area contributed by atoms with Gasteiger partial charge >= 0.3 is 10.2 Å². The van der Waals surface area contributed by atoms with Crippen LogP contribution in [0.2, 0.25) is 0 Å². The monoisotopic (exact) mass is 297 g/mol. The molecule has 0 aliphatic heterocycles. The van der Waals surface area contributed by atoms with Crippen LogP contribution in [0.3, 0.4) is 0 Å². The van der Waals surface area contributed by atoms with Crippen molar-refractivity contribution >= 4 is 15.9 Å². The second kappa shape index (κ2) is 6.56. The molecule has 1 saturated carbocycles. The Labute approximate surface area is 121 Å². The highest BCUT2D eigenvalue weighted by molar-refractivity contribution is 7.90. The van der Waals surface area contributed by atoms with Gasteiger partial charge in [0.25, 0.3) is 0 Å². The minimum absolute atomic E-state index is 0.103. The zero-order chi connectivity index (χ0) is 14.6. The highest BCUT2D eigenvalue weighted by Gasteiger charge is 2.27. The van der Waals surface area contributed by atoms with E-state index in [1.165, 1.54) is 10.7 Å². The molecule has 1 aliphatic carbocycles. The molecular formula is C14H23N3O2S. The molecule has 3 N–H and O–H groups in total. The van der Waals surface area contributed by atoms with Gasteiger partial charge in [0.05, 0.1) is 5.69 Å². The number of benzene rings is 1. The summed E-state index contributed by atoms with van der Waals surface area (Å²) in [7, 11) is -1.86. The van der Waals surface area contributed by atoms with Crippen molar-refractivity contribution in [3.63, 3.8) is 0 Å². The molecule has 0 bridgehead atoms. The van der Waals surface area contributed by atoms with Gasteiger partial charge < -0.3 is 5.73 Å². The van der Waals surface area contributed by atoms with Crippen LogP contribution in [0.1, 0.15) is 37.7 Å². The predicted octanol–water partition coefficient (Wildman–Crippen LogP) is 2.07. The standard InChI is InChI=1S/C14H23N3O2S/c1-17(13-8-3-2-4-9-13)20(18,19)16-14-10-6-5-7-12(14)11-15/h5-7,10,13,16H,2-4,8-9,11,15H2,1H3. The van der Waals surface area contributed by atoms with Crippen LogP contribution in [0.25, 0.3) is 0 Å². The normalized spacial score (nSPS) is 17.4. The van der Waals surface area contributed by atoms with E-state index in [4.69, 9.17) is 5.73 Å². The number of rotatable bonds is 5. The van der Waals surface area contributed by atoms with E-state index in [-0.39, 0.29) is 6.04 Å². The molecule has 0 amide bonds. The Bertz CT molecular complexity index is 539. The van der Waals surface area contributed by atoms with Crippen LogP contribution in [-0.4, -0.2) is 25.8 Å². The van der Waals surface area contributed by atoms with Crippen LogP contribution in [0.15, 0.2) is 24.3 Å². The van der Waals surface area contributed by atoms with Crippen LogP contribution >= 0.6 is 0 Å². The Hall–Kier alpha value is -1.11. The quantitative estimate of drug-likeness (QED) is 0.873. The summed E-state index contributed by atoms with van der Waals surface area (Å²) in [4.78, 5) is 0. The number of hydrogen-bond donors (Lipinski definition) is 2. The molecule has 5 nitrogen and oxygen atoms in total. The fourth-order valence-corrected chi connectivity index (χ4v) is 3.87. The first-order valence-corrected chi connectivity index (χ1v) is 8.52. The number of para-hydroxylation sites is 1. The lowest BCUT2D eigenvalue weighted by Crippen LogP contribution is -2.41. The van der Waals surface area contributed by atoms with Crippen molar-refractivity contribution in [3.8, 4) is 0 Å². The van der Waals surface area contributed by atoms with Crippen molar-refractivity contribution in [1.29, 1.82) is 0 Å². The lowest BCUT2D eigenvalue weighted by Gasteiger charge is -2.30. The van der Waals surface area contributed by atoms with E-state index in [2.05, 4.69) is 4.72 Å². The van der Waals surface area contributed by atoms with Gasteiger partial charge in [-0.2, -0.15) is 12.7 Å². The first kappa shape index (κ1) is 15.3. The van der Waals surface area contributed by atoms with Crippen LogP contribution in [0.4, 0.5) is 5.69 Å². The van der Waals surface area contributed by atoms with E-state index in [1.807, 2.05) is 12.1 Å². The molecule has 0 saturated heterocycles. The Kier molecular flexibility index (Phi) is 5.01. The molecular weight excluding hydrogens is 274 g/mol. The van der Waals surface area contributed by atoms with E-state index in [0.717, 1.165) is 31.2 Å². The van der Waals surface area contributed by atoms with Gasteiger partial charge in [-0.25, -0.2) is 0 Å². The van der Waals surface area contributed by atoms with Crippen LogP contribution in [0, 0.1) is 0 Å². The number of anilines is 1. The van der Waals surface area contributed by atoms with Crippen molar-refractivity contribution in [3.05, 3.63) is 29.8 Å². The molecule has 20 heavy (non-hydrogen) atoms. The summed E-state index contributed by atoms with van der Waals surface area (Å²) in [6.07, 6.45) is 5.29. The van der Waals surface area contributed by atoms with E-state index < -0.39 is 10.2 Å². The number of hydrogen-bond acceptors (Lipinski definition) is 3. The topological polar surface area (TPSA) is 75.4 Å². The number of nitrogens with one attached hydrogen (secondary N) is 1. The van der Waals surface area contributed by atoms with Gasteiger partial charge in [0.15, 0.2) is 0 Å². The first-order chi connectivity index (χ1) is 9.54. The molecule has 1 aliphatic rings. The molecule has 0 heterocycles. The van der Waals surface area contributed by atoms with Crippen molar-refractivity contribution in [2.24, 2.45) is 5.73 Å². The van der Waals surface area contributed by atoms with E-state index in [0.29, 0.717) is 12.2 Å².